The van der Waals surface area contributed by atoms with Crippen molar-refractivity contribution < 1.29 is 14.4 Å². The van der Waals surface area contributed by atoms with Gasteiger partial charge in [-0.1, -0.05) is 91.0 Å². The number of nitrogens with one attached hydrogen (secondary N) is 2. The van der Waals surface area contributed by atoms with E-state index in [1.54, 1.807) is 0 Å². The van der Waals surface area contributed by atoms with Gasteiger partial charge in [0.05, 0.1) is 0 Å². The van der Waals surface area contributed by atoms with Crippen LogP contribution < -0.4 is 15.1 Å². The van der Waals surface area contributed by atoms with Gasteiger partial charge >= 0.3 is 0 Å². The van der Waals surface area contributed by atoms with Gasteiger partial charge in [-0.2, -0.15) is 0 Å². The van der Waals surface area contributed by atoms with Crippen LogP contribution in [-0.4, -0.2) is 19.2 Å². The molecule has 1 aliphatic rings. The van der Waals surface area contributed by atoms with Gasteiger partial charge in [-0.15, -0.1) is 0 Å². The molecule has 1 aliphatic heterocycles. The lowest BCUT2D eigenvalue weighted by Crippen LogP contribution is -3.32. The van der Waals surface area contributed by atoms with E-state index in [2.05, 4.69) is 60.7 Å². The number of benzene rings is 3. The second-order valence-corrected chi connectivity index (χ2v) is 10.5. The van der Waals surface area contributed by atoms with E-state index in [-0.39, 0.29) is 0 Å². The fourth-order valence-corrected chi connectivity index (χ4v) is 7.22. The van der Waals surface area contributed by atoms with Crippen LogP contribution in [0.15, 0.2) is 91.0 Å². The number of hydrogen-bond donors (Lipinski definition) is 2. The van der Waals surface area contributed by atoms with Crippen LogP contribution in [-0.2, 0) is 17.7 Å². The molecule has 27 heavy (non-hydrogen) atoms. The van der Waals surface area contributed by atoms with E-state index in [0.717, 1.165) is 37.6 Å². The third-order valence-electron chi connectivity index (χ3n) is 5.28. The van der Waals surface area contributed by atoms with Crippen LogP contribution in [0.1, 0.15) is 11.1 Å². The molecule has 0 amide bonds. The van der Waals surface area contributed by atoms with E-state index in [0.29, 0.717) is 0 Å². The highest BCUT2D eigenvalue weighted by molar-refractivity contribution is 7.71. The maximum Gasteiger partial charge on any atom is 0.219 e. The van der Waals surface area contributed by atoms with E-state index in [1.807, 2.05) is 30.3 Å². The van der Waals surface area contributed by atoms with Crippen LogP contribution >= 0.6 is 7.14 Å². The van der Waals surface area contributed by atoms with Crippen LogP contribution in [0, 0.1) is 0 Å². The monoisotopic (exact) mass is 378 g/mol. The Balaban J connectivity index is 1.59. The van der Waals surface area contributed by atoms with Gasteiger partial charge in [0.1, 0.15) is 25.7 Å². The van der Waals surface area contributed by atoms with Crippen molar-refractivity contribution in [1.82, 2.24) is 0 Å². The summed E-state index contributed by atoms with van der Waals surface area (Å²) in [6, 6.07) is 31.3. The Morgan fingerprint density at radius 1 is 0.630 bits per heavy atom. The third kappa shape index (κ3) is 4.56. The Hall–Kier alpha value is -2.19. The van der Waals surface area contributed by atoms with Crippen LogP contribution in [0.2, 0.25) is 0 Å². The number of hydrogen-bond acceptors (Lipinski definition) is 1. The molecule has 1 saturated heterocycles. The van der Waals surface area contributed by atoms with Crippen molar-refractivity contribution in [2.24, 2.45) is 0 Å². The number of quaternary nitrogens is 2. The van der Waals surface area contributed by atoms with Gasteiger partial charge in [-0.25, -0.2) is 0 Å². The summed E-state index contributed by atoms with van der Waals surface area (Å²) in [5.74, 6) is 0. The smallest absolute Gasteiger partial charge is 0.219 e. The Labute approximate surface area is 161 Å². The summed E-state index contributed by atoms with van der Waals surface area (Å²) in [4.78, 5) is 2.82. The zero-order valence-electron chi connectivity index (χ0n) is 15.6. The fraction of sp³-hybridized carbons (Fsp3) is 0.217. The zero-order chi connectivity index (χ0) is 18.5. The average molecular weight is 378 g/mol. The quantitative estimate of drug-likeness (QED) is 0.650. The van der Waals surface area contributed by atoms with Crippen LogP contribution in [0.25, 0.3) is 0 Å². The summed E-state index contributed by atoms with van der Waals surface area (Å²) >= 11 is 0. The highest BCUT2D eigenvalue weighted by Gasteiger charge is 2.41. The van der Waals surface area contributed by atoms with Gasteiger partial charge in [0, 0.05) is 16.4 Å². The first kappa shape index (κ1) is 18.2. The van der Waals surface area contributed by atoms with Crippen molar-refractivity contribution in [3.05, 3.63) is 102 Å². The minimum atomic E-state index is -2.43. The van der Waals surface area contributed by atoms with Gasteiger partial charge in [-0.3, -0.25) is 9.80 Å². The molecule has 2 unspecified atom stereocenters. The number of rotatable bonds is 5. The Bertz CT molecular complexity index is 846. The van der Waals surface area contributed by atoms with Crippen molar-refractivity contribution >= 4 is 12.4 Å². The van der Waals surface area contributed by atoms with Crippen molar-refractivity contribution in [2.75, 3.05) is 19.2 Å². The van der Waals surface area contributed by atoms with Crippen LogP contribution in [0.4, 0.5) is 0 Å². The normalized spacial score (nSPS) is 25.2. The van der Waals surface area contributed by atoms with Gasteiger partial charge in [0.15, 0.2) is 0 Å². The van der Waals surface area contributed by atoms with Gasteiger partial charge in [0.2, 0.25) is 13.8 Å². The first-order chi connectivity index (χ1) is 13.2. The molecule has 0 bridgehead atoms. The highest BCUT2D eigenvalue weighted by Crippen LogP contribution is 2.40. The molecule has 2 N–H and O–H groups in total. The molecule has 4 heteroatoms. The second-order valence-electron chi connectivity index (χ2n) is 7.54. The van der Waals surface area contributed by atoms with E-state index in [9.17, 15) is 4.57 Å². The molecule has 3 nitrogen and oxygen atoms in total. The minimum absolute atomic E-state index is 0.740. The molecule has 0 saturated carbocycles. The summed E-state index contributed by atoms with van der Waals surface area (Å²) in [6.07, 6.45) is 1.48. The summed E-state index contributed by atoms with van der Waals surface area (Å²) in [5, 5.41) is 1.03. The predicted octanol–water partition coefficient (Wildman–Crippen LogP) is 1.73. The van der Waals surface area contributed by atoms with E-state index in [4.69, 9.17) is 0 Å². The van der Waals surface area contributed by atoms with E-state index >= 15 is 0 Å². The van der Waals surface area contributed by atoms with Crippen molar-refractivity contribution in [3.8, 4) is 0 Å². The third-order valence-corrected chi connectivity index (χ3v) is 8.43. The maximum absolute atomic E-state index is 14.0. The van der Waals surface area contributed by atoms with Crippen LogP contribution in [0.5, 0.6) is 0 Å². The SMILES string of the molecule is O=P1(c2ccccc2)C[NH+](Cc2ccccc2)C[NH+](Cc2ccccc2)C1. The molecule has 0 radical (unpaired) electrons. The zero-order valence-corrected chi connectivity index (χ0v) is 16.4. The first-order valence-corrected chi connectivity index (χ1v) is 11.7. The van der Waals surface area contributed by atoms with Crippen LogP contribution in [0.3, 0.4) is 0 Å². The van der Waals surface area contributed by atoms with Crippen molar-refractivity contribution in [3.63, 3.8) is 0 Å². The van der Waals surface area contributed by atoms with Crippen molar-refractivity contribution in [1.29, 1.82) is 0 Å². The summed E-state index contributed by atoms with van der Waals surface area (Å²) in [5.41, 5.74) is 2.63. The molecule has 0 aromatic heterocycles. The first-order valence-electron chi connectivity index (χ1n) is 9.60. The molecule has 4 rings (SSSR count). The molecule has 0 spiro atoms. The molecule has 138 valence electrons. The van der Waals surface area contributed by atoms with Gasteiger partial charge < -0.3 is 4.57 Å². The molecular formula is C23H27N2OP+2. The Morgan fingerprint density at radius 3 is 1.48 bits per heavy atom. The summed E-state index contributed by atoms with van der Waals surface area (Å²) in [7, 11) is -2.43. The van der Waals surface area contributed by atoms with E-state index < -0.39 is 7.14 Å². The molecule has 0 aliphatic carbocycles. The molecule has 3 aromatic carbocycles. The Morgan fingerprint density at radius 2 is 1.04 bits per heavy atom. The average Bonchev–Trinajstić information content (AvgIpc) is 2.70. The molecule has 1 heterocycles. The lowest BCUT2D eigenvalue weighted by atomic mass is 10.2. The Kier molecular flexibility index (Phi) is 5.54. The highest BCUT2D eigenvalue weighted by atomic mass is 31.2. The van der Waals surface area contributed by atoms with E-state index in [1.165, 1.54) is 20.9 Å². The lowest BCUT2D eigenvalue weighted by Gasteiger charge is -2.35. The lowest BCUT2D eigenvalue weighted by molar-refractivity contribution is -1.10. The van der Waals surface area contributed by atoms with Gasteiger partial charge in [-0.05, 0) is 0 Å². The fourth-order valence-electron chi connectivity index (χ4n) is 4.13. The van der Waals surface area contributed by atoms with Gasteiger partial charge in [0.25, 0.3) is 0 Å². The molecule has 1 fully saturated rings. The minimum Gasteiger partial charge on any atom is -0.307 e. The second kappa shape index (κ2) is 8.22. The summed E-state index contributed by atoms with van der Waals surface area (Å²) in [6.45, 7) is 2.85. The standard InChI is InChI=1S/C23H25N2OP/c26-27(23-14-8-3-9-15-23)19-24(16-21-10-4-1-5-11-21)18-25(20-27)17-22-12-6-2-7-13-22/h1-15H,16-20H2/p+2. The predicted molar refractivity (Wildman–Crippen MR) is 111 cm³/mol. The summed E-state index contributed by atoms with van der Waals surface area (Å²) < 4.78 is 14.0. The van der Waals surface area contributed by atoms with Crippen molar-refractivity contribution in [2.45, 2.75) is 13.1 Å². The maximum atomic E-state index is 14.0. The topological polar surface area (TPSA) is 26.0 Å². The molecule has 3 aromatic rings. The largest absolute Gasteiger partial charge is 0.307 e. The molecular weight excluding hydrogens is 351 g/mol. The molecule has 2 atom stereocenters.